The predicted octanol–water partition coefficient (Wildman–Crippen LogP) is 4.43. The van der Waals surface area contributed by atoms with Crippen LogP contribution < -0.4 is 5.73 Å². The van der Waals surface area contributed by atoms with Crippen molar-refractivity contribution in [2.45, 2.75) is 33.6 Å². The number of hydrogen-bond donors (Lipinski definition) is 1. The number of amides is 1. The number of nitrogens with two attached hydrogens (primary N) is 1. The van der Waals surface area contributed by atoms with Crippen molar-refractivity contribution in [2.24, 2.45) is 5.92 Å². The average molecular weight is 381 g/mol. The van der Waals surface area contributed by atoms with Crippen molar-refractivity contribution in [1.29, 1.82) is 0 Å². The number of nitrogen functional groups attached to an aromatic ring is 1. The lowest BCUT2D eigenvalue weighted by molar-refractivity contribution is 0.0697. The third kappa shape index (κ3) is 3.30. The fourth-order valence-electron chi connectivity index (χ4n) is 3.57. The van der Waals surface area contributed by atoms with Gasteiger partial charge in [-0.25, -0.2) is 9.97 Å². The maximum atomic E-state index is 12.7. The largest absolute Gasteiger partial charge is 0.383 e. The van der Waals surface area contributed by atoms with Gasteiger partial charge in [-0.1, -0.05) is 19.1 Å². The van der Waals surface area contributed by atoms with Gasteiger partial charge in [0.05, 0.1) is 5.39 Å². The van der Waals surface area contributed by atoms with Crippen LogP contribution in [0.3, 0.4) is 0 Å². The molecule has 2 N–H and O–H groups in total. The summed E-state index contributed by atoms with van der Waals surface area (Å²) in [5.74, 6) is 1.93. The van der Waals surface area contributed by atoms with Crippen LogP contribution in [0.2, 0.25) is 0 Å². The molecule has 0 bridgehead atoms. The van der Waals surface area contributed by atoms with E-state index in [1.54, 1.807) is 11.3 Å². The van der Waals surface area contributed by atoms with E-state index in [1.807, 2.05) is 29.2 Å². The molecule has 1 saturated heterocycles. The van der Waals surface area contributed by atoms with Crippen LogP contribution in [0, 0.1) is 19.8 Å². The average Bonchev–Trinajstić information content (AvgIpc) is 2.96. The SMILES string of the molecule is Cc1sc2nc(-c3ccc(C(=O)N4CCC(C)CC4)cc3)nc(N)c2c1C. The molecule has 1 aliphatic heterocycles. The number of rotatable bonds is 2. The smallest absolute Gasteiger partial charge is 0.253 e. The number of aromatic nitrogens is 2. The number of benzene rings is 1. The predicted molar refractivity (Wildman–Crippen MR) is 111 cm³/mol. The summed E-state index contributed by atoms with van der Waals surface area (Å²) < 4.78 is 0. The minimum absolute atomic E-state index is 0.105. The molecule has 140 valence electrons. The summed E-state index contributed by atoms with van der Waals surface area (Å²) >= 11 is 1.64. The maximum Gasteiger partial charge on any atom is 0.253 e. The summed E-state index contributed by atoms with van der Waals surface area (Å²) in [6.45, 7) is 8.05. The van der Waals surface area contributed by atoms with Crippen molar-refractivity contribution in [2.75, 3.05) is 18.8 Å². The first kappa shape index (κ1) is 17.9. The van der Waals surface area contributed by atoms with Crippen molar-refractivity contribution < 1.29 is 4.79 Å². The first-order valence-corrected chi connectivity index (χ1v) is 10.2. The van der Waals surface area contributed by atoms with Gasteiger partial charge in [-0.2, -0.15) is 0 Å². The summed E-state index contributed by atoms with van der Waals surface area (Å²) in [6.07, 6.45) is 2.16. The van der Waals surface area contributed by atoms with Crippen molar-refractivity contribution in [1.82, 2.24) is 14.9 Å². The van der Waals surface area contributed by atoms with Gasteiger partial charge in [0.15, 0.2) is 5.82 Å². The van der Waals surface area contributed by atoms with Crippen molar-refractivity contribution >= 4 is 33.3 Å². The molecule has 27 heavy (non-hydrogen) atoms. The Labute approximate surface area is 163 Å². The molecule has 2 aromatic heterocycles. The Balaban J connectivity index is 1.61. The zero-order valence-electron chi connectivity index (χ0n) is 16.0. The van der Waals surface area contributed by atoms with Gasteiger partial charge >= 0.3 is 0 Å². The number of piperidine rings is 1. The van der Waals surface area contributed by atoms with Gasteiger partial charge in [0.1, 0.15) is 10.6 Å². The normalized spacial score (nSPS) is 15.4. The van der Waals surface area contributed by atoms with Gasteiger partial charge < -0.3 is 10.6 Å². The van der Waals surface area contributed by atoms with Crippen molar-refractivity contribution in [3.63, 3.8) is 0 Å². The number of fused-ring (bicyclic) bond motifs is 1. The second kappa shape index (κ2) is 6.93. The van der Waals surface area contributed by atoms with Crippen LogP contribution >= 0.6 is 11.3 Å². The highest BCUT2D eigenvalue weighted by molar-refractivity contribution is 7.18. The van der Waals surface area contributed by atoms with Crippen LogP contribution in [0.5, 0.6) is 0 Å². The van der Waals surface area contributed by atoms with Gasteiger partial charge in [0.2, 0.25) is 0 Å². The van der Waals surface area contributed by atoms with Gasteiger partial charge in [0, 0.05) is 29.1 Å². The molecule has 1 aromatic carbocycles. The Kier molecular flexibility index (Phi) is 4.60. The highest BCUT2D eigenvalue weighted by Crippen LogP contribution is 2.33. The molecule has 1 amide bonds. The molecular formula is C21H24N4OS. The quantitative estimate of drug-likeness (QED) is 0.714. The standard InChI is InChI=1S/C21H24N4OS/c1-12-8-10-25(11-9-12)21(26)16-6-4-15(5-7-16)19-23-18(22)17-13(2)14(3)27-20(17)24-19/h4-7,12H,8-11H2,1-3H3,(H2,22,23,24). The highest BCUT2D eigenvalue weighted by atomic mass is 32.1. The molecule has 5 nitrogen and oxygen atoms in total. The van der Waals surface area contributed by atoms with Gasteiger partial charge in [-0.15, -0.1) is 11.3 Å². The fourth-order valence-corrected chi connectivity index (χ4v) is 4.60. The lowest BCUT2D eigenvalue weighted by Crippen LogP contribution is -2.37. The summed E-state index contributed by atoms with van der Waals surface area (Å²) in [7, 11) is 0. The monoisotopic (exact) mass is 380 g/mol. The summed E-state index contributed by atoms with van der Waals surface area (Å²) in [6, 6.07) is 7.55. The van der Waals surface area contributed by atoms with E-state index in [0.29, 0.717) is 23.1 Å². The third-order valence-corrected chi connectivity index (χ3v) is 6.62. The fraction of sp³-hybridized carbons (Fsp3) is 0.381. The van der Waals surface area contributed by atoms with Crippen LogP contribution in [0.15, 0.2) is 24.3 Å². The number of thiophene rings is 1. The second-order valence-corrected chi connectivity index (χ2v) is 8.65. The number of carbonyl (C=O) groups is 1. The Bertz CT molecular complexity index is 1000. The van der Waals surface area contributed by atoms with Crippen LogP contribution in [0.1, 0.15) is 40.6 Å². The molecule has 0 radical (unpaired) electrons. The summed E-state index contributed by atoms with van der Waals surface area (Å²) in [4.78, 5) is 26.0. The van der Waals surface area contributed by atoms with Gasteiger partial charge in [-0.05, 0) is 50.3 Å². The van der Waals surface area contributed by atoms with Crippen LogP contribution in [0.25, 0.3) is 21.6 Å². The maximum absolute atomic E-state index is 12.7. The highest BCUT2D eigenvalue weighted by Gasteiger charge is 2.21. The van der Waals surface area contributed by atoms with Crippen molar-refractivity contribution in [3.8, 4) is 11.4 Å². The van der Waals surface area contributed by atoms with E-state index < -0.39 is 0 Å². The van der Waals surface area contributed by atoms with Crippen molar-refractivity contribution in [3.05, 3.63) is 40.3 Å². The van der Waals surface area contributed by atoms with Gasteiger partial charge in [0.25, 0.3) is 5.91 Å². The molecule has 0 spiro atoms. The molecule has 1 fully saturated rings. The molecule has 0 atom stereocenters. The van der Waals surface area contributed by atoms with E-state index in [4.69, 9.17) is 10.7 Å². The summed E-state index contributed by atoms with van der Waals surface area (Å²) in [5.41, 5.74) is 8.92. The van der Waals surface area contributed by atoms with E-state index in [-0.39, 0.29) is 5.91 Å². The van der Waals surface area contributed by atoms with Crippen LogP contribution in [-0.4, -0.2) is 33.9 Å². The molecule has 1 aliphatic rings. The Morgan fingerprint density at radius 1 is 1.15 bits per heavy atom. The van der Waals surface area contributed by atoms with Crippen LogP contribution in [0.4, 0.5) is 5.82 Å². The number of aryl methyl sites for hydroxylation is 2. The summed E-state index contributed by atoms with van der Waals surface area (Å²) in [5, 5.41) is 0.951. The molecule has 3 heterocycles. The minimum Gasteiger partial charge on any atom is -0.383 e. The van der Waals surface area contributed by atoms with E-state index in [9.17, 15) is 4.79 Å². The topological polar surface area (TPSA) is 72.1 Å². The number of carbonyl (C=O) groups excluding carboxylic acids is 1. The lowest BCUT2D eigenvalue weighted by Gasteiger charge is -2.30. The number of anilines is 1. The number of likely N-dealkylation sites (tertiary alicyclic amines) is 1. The zero-order valence-corrected chi connectivity index (χ0v) is 16.8. The lowest BCUT2D eigenvalue weighted by atomic mass is 9.98. The Hall–Kier alpha value is -2.47. The Morgan fingerprint density at radius 3 is 2.48 bits per heavy atom. The van der Waals surface area contributed by atoms with E-state index in [1.165, 1.54) is 4.88 Å². The number of hydrogen-bond acceptors (Lipinski definition) is 5. The Morgan fingerprint density at radius 2 is 1.81 bits per heavy atom. The minimum atomic E-state index is 0.105. The third-order valence-electron chi connectivity index (χ3n) is 5.52. The number of nitrogens with zero attached hydrogens (tertiary/aromatic N) is 3. The van der Waals surface area contributed by atoms with E-state index in [0.717, 1.165) is 47.3 Å². The van der Waals surface area contributed by atoms with Crippen LogP contribution in [-0.2, 0) is 0 Å². The molecular weight excluding hydrogens is 356 g/mol. The van der Waals surface area contributed by atoms with E-state index in [2.05, 4.69) is 25.8 Å². The molecule has 0 unspecified atom stereocenters. The molecule has 0 aliphatic carbocycles. The van der Waals surface area contributed by atoms with Gasteiger partial charge in [-0.3, -0.25) is 4.79 Å². The molecule has 4 rings (SSSR count). The molecule has 6 heteroatoms. The second-order valence-electron chi connectivity index (χ2n) is 7.45. The zero-order chi connectivity index (χ0) is 19.1. The molecule has 3 aromatic rings. The first-order valence-electron chi connectivity index (χ1n) is 9.37. The first-order chi connectivity index (χ1) is 12.9. The molecule has 0 saturated carbocycles. The van der Waals surface area contributed by atoms with E-state index >= 15 is 0 Å².